The highest BCUT2D eigenvalue weighted by molar-refractivity contribution is 5.40. The largest absolute Gasteiger partial charge is 0.457 e. The molecule has 0 amide bonds. The van der Waals surface area contributed by atoms with Gasteiger partial charge in [0.1, 0.15) is 11.5 Å². The Bertz CT molecular complexity index is 623. The molecular weight excluding hydrogens is 279 g/mol. The van der Waals surface area contributed by atoms with Gasteiger partial charge in [-0.25, -0.2) is 0 Å². The van der Waals surface area contributed by atoms with E-state index in [2.05, 4.69) is 0 Å². The van der Waals surface area contributed by atoms with Gasteiger partial charge < -0.3 is 10.5 Å². The van der Waals surface area contributed by atoms with Crippen molar-refractivity contribution >= 4 is 0 Å². The van der Waals surface area contributed by atoms with Gasteiger partial charge >= 0.3 is 6.18 Å². The maximum Gasteiger partial charge on any atom is 0.416 e. The zero-order valence-corrected chi connectivity index (χ0v) is 11.6. The van der Waals surface area contributed by atoms with Gasteiger partial charge in [0.2, 0.25) is 0 Å². The van der Waals surface area contributed by atoms with Crippen LogP contribution in [0.5, 0.6) is 11.5 Å². The Morgan fingerprint density at radius 3 is 2.38 bits per heavy atom. The van der Waals surface area contributed by atoms with Crippen LogP contribution in [0.4, 0.5) is 13.2 Å². The Labute approximate surface area is 121 Å². The Kier molecular flexibility index (Phi) is 4.53. The number of hydrogen-bond donors (Lipinski definition) is 1. The lowest BCUT2D eigenvalue weighted by Crippen LogP contribution is -2.12. The summed E-state index contributed by atoms with van der Waals surface area (Å²) in [6, 6.07) is 11.1. The highest BCUT2D eigenvalue weighted by Gasteiger charge is 2.33. The predicted molar refractivity (Wildman–Crippen MR) is 75.2 cm³/mol. The number of hydrogen-bond acceptors (Lipinski definition) is 2. The third-order valence-electron chi connectivity index (χ3n) is 3.15. The maximum atomic E-state index is 13.0. The van der Waals surface area contributed by atoms with Gasteiger partial charge in [-0.2, -0.15) is 13.2 Å². The van der Waals surface area contributed by atoms with Gasteiger partial charge in [0.15, 0.2) is 0 Å². The summed E-state index contributed by atoms with van der Waals surface area (Å²) in [5.41, 5.74) is 5.70. The normalized spacial score (nSPS) is 11.5. The van der Waals surface area contributed by atoms with Gasteiger partial charge in [-0.1, -0.05) is 25.1 Å². The standard InChI is InChI=1S/C16H16F3NO/c1-2-11-4-3-5-13(8-11)21-14-7-6-12(10-20)15(9-14)16(17,18)19/h3-9H,2,10,20H2,1H3. The minimum Gasteiger partial charge on any atom is -0.457 e. The van der Waals surface area contributed by atoms with Crippen LogP contribution in [0.3, 0.4) is 0 Å². The minimum absolute atomic E-state index is 0.0529. The second-order valence-corrected chi connectivity index (χ2v) is 4.62. The molecule has 2 nitrogen and oxygen atoms in total. The van der Waals surface area contributed by atoms with E-state index in [-0.39, 0.29) is 17.9 Å². The van der Waals surface area contributed by atoms with Crippen LogP contribution < -0.4 is 10.5 Å². The van der Waals surface area contributed by atoms with E-state index >= 15 is 0 Å². The second kappa shape index (κ2) is 6.18. The molecular formula is C16H16F3NO. The van der Waals surface area contributed by atoms with Crippen LogP contribution in [-0.2, 0) is 19.1 Å². The van der Waals surface area contributed by atoms with Crippen LogP contribution in [0, 0.1) is 0 Å². The number of aryl methyl sites for hydroxylation is 1. The number of alkyl halides is 3. The zero-order chi connectivity index (χ0) is 15.5. The van der Waals surface area contributed by atoms with Gasteiger partial charge in [-0.05, 0) is 41.8 Å². The lowest BCUT2D eigenvalue weighted by atomic mass is 10.1. The molecule has 0 spiro atoms. The van der Waals surface area contributed by atoms with Crippen molar-refractivity contribution in [2.75, 3.05) is 0 Å². The minimum atomic E-state index is -4.45. The molecule has 2 aromatic rings. The number of benzene rings is 2. The Hall–Kier alpha value is -2.01. The van der Waals surface area contributed by atoms with Crippen LogP contribution >= 0.6 is 0 Å². The van der Waals surface area contributed by atoms with E-state index in [9.17, 15) is 13.2 Å². The third-order valence-corrected chi connectivity index (χ3v) is 3.15. The molecule has 0 atom stereocenters. The van der Waals surface area contributed by atoms with Crippen molar-refractivity contribution in [2.24, 2.45) is 5.73 Å². The SMILES string of the molecule is CCc1cccc(Oc2ccc(CN)c(C(F)(F)F)c2)c1. The molecule has 0 aliphatic rings. The molecule has 0 bridgehead atoms. The van der Waals surface area contributed by atoms with Crippen LogP contribution in [0.15, 0.2) is 42.5 Å². The van der Waals surface area contributed by atoms with Crippen LogP contribution in [0.1, 0.15) is 23.6 Å². The number of ether oxygens (including phenoxy) is 1. The molecule has 0 saturated heterocycles. The van der Waals surface area contributed by atoms with Crippen molar-refractivity contribution < 1.29 is 17.9 Å². The average molecular weight is 295 g/mol. The molecule has 0 aromatic heterocycles. The molecule has 2 rings (SSSR count). The number of halogens is 3. The van der Waals surface area contributed by atoms with E-state index in [1.165, 1.54) is 12.1 Å². The second-order valence-electron chi connectivity index (χ2n) is 4.62. The summed E-state index contributed by atoms with van der Waals surface area (Å²) >= 11 is 0. The Morgan fingerprint density at radius 1 is 1.05 bits per heavy atom. The van der Waals surface area contributed by atoms with Crippen LogP contribution in [-0.4, -0.2) is 0 Å². The van der Waals surface area contributed by atoms with Gasteiger partial charge in [0.25, 0.3) is 0 Å². The molecule has 0 saturated carbocycles. The Morgan fingerprint density at radius 2 is 1.76 bits per heavy atom. The zero-order valence-electron chi connectivity index (χ0n) is 11.6. The average Bonchev–Trinajstić information content (AvgIpc) is 2.46. The lowest BCUT2D eigenvalue weighted by Gasteiger charge is -2.14. The fourth-order valence-electron chi connectivity index (χ4n) is 2.03. The summed E-state index contributed by atoms with van der Waals surface area (Å²) in [4.78, 5) is 0. The third kappa shape index (κ3) is 3.76. The summed E-state index contributed by atoms with van der Waals surface area (Å²) in [7, 11) is 0. The molecule has 2 aromatic carbocycles. The van der Waals surface area contributed by atoms with E-state index in [1.807, 2.05) is 25.1 Å². The number of rotatable bonds is 4. The van der Waals surface area contributed by atoms with E-state index < -0.39 is 11.7 Å². The van der Waals surface area contributed by atoms with Crippen molar-refractivity contribution in [3.8, 4) is 11.5 Å². The van der Waals surface area contributed by atoms with Crippen molar-refractivity contribution in [3.63, 3.8) is 0 Å². The van der Waals surface area contributed by atoms with Crippen molar-refractivity contribution in [3.05, 3.63) is 59.2 Å². The van der Waals surface area contributed by atoms with Gasteiger partial charge in [-0.3, -0.25) is 0 Å². The molecule has 0 fully saturated rings. The molecule has 0 heterocycles. The van der Waals surface area contributed by atoms with Crippen molar-refractivity contribution in [2.45, 2.75) is 26.1 Å². The van der Waals surface area contributed by atoms with E-state index in [0.717, 1.165) is 18.1 Å². The quantitative estimate of drug-likeness (QED) is 0.900. The smallest absolute Gasteiger partial charge is 0.416 e. The summed E-state index contributed by atoms with van der Waals surface area (Å²) in [6.45, 7) is 1.83. The molecule has 21 heavy (non-hydrogen) atoms. The topological polar surface area (TPSA) is 35.2 Å². The fraction of sp³-hybridized carbons (Fsp3) is 0.250. The van der Waals surface area contributed by atoms with Crippen molar-refractivity contribution in [1.29, 1.82) is 0 Å². The molecule has 0 aliphatic heterocycles. The first-order valence-corrected chi connectivity index (χ1v) is 6.61. The first-order valence-electron chi connectivity index (χ1n) is 6.61. The molecule has 0 aliphatic carbocycles. The predicted octanol–water partition coefficient (Wildman–Crippen LogP) is 4.52. The van der Waals surface area contributed by atoms with E-state index in [0.29, 0.717) is 5.75 Å². The molecule has 2 N–H and O–H groups in total. The van der Waals surface area contributed by atoms with Gasteiger partial charge in [-0.15, -0.1) is 0 Å². The molecule has 0 radical (unpaired) electrons. The maximum absolute atomic E-state index is 13.0. The van der Waals surface area contributed by atoms with Gasteiger partial charge in [0, 0.05) is 6.54 Å². The lowest BCUT2D eigenvalue weighted by molar-refractivity contribution is -0.138. The van der Waals surface area contributed by atoms with Crippen LogP contribution in [0.2, 0.25) is 0 Å². The number of nitrogens with two attached hydrogens (primary N) is 1. The summed E-state index contributed by atoms with van der Waals surface area (Å²) < 4.78 is 44.4. The first kappa shape index (κ1) is 15.4. The summed E-state index contributed by atoms with van der Waals surface area (Å²) in [5, 5.41) is 0. The summed E-state index contributed by atoms with van der Waals surface area (Å²) in [6.07, 6.45) is -3.61. The molecule has 112 valence electrons. The monoisotopic (exact) mass is 295 g/mol. The Balaban J connectivity index is 2.32. The highest BCUT2D eigenvalue weighted by Crippen LogP contribution is 2.35. The fourth-order valence-corrected chi connectivity index (χ4v) is 2.03. The van der Waals surface area contributed by atoms with E-state index in [4.69, 9.17) is 10.5 Å². The summed E-state index contributed by atoms with van der Waals surface area (Å²) in [5.74, 6) is 0.663. The molecule has 5 heteroatoms. The van der Waals surface area contributed by atoms with E-state index in [1.54, 1.807) is 6.07 Å². The van der Waals surface area contributed by atoms with Crippen LogP contribution in [0.25, 0.3) is 0 Å². The first-order chi connectivity index (χ1) is 9.94. The van der Waals surface area contributed by atoms with Crippen molar-refractivity contribution in [1.82, 2.24) is 0 Å². The highest BCUT2D eigenvalue weighted by atomic mass is 19.4. The molecule has 0 unspecified atom stereocenters. The van der Waals surface area contributed by atoms with Gasteiger partial charge in [0.05, 0.1) is 5.56 Å².